The molecule has 1 fully saturated rings. The highest BCUT2D eigenvalue weighted by Gasteiger charge is 2.51. The number of nitrogens with one attached hydrogen (secondary N) is 1. The van der Waals surface area contributed by atoms with Crippen LogP contribution in [0.3, 0.4) is 0 Å². The maximum Gasteiger partial charge on any atom is 0.329 e. The summed E-state index contributed by atoms with van der Waals surface area (Å²) in [6.07, 6.45) is 0.936. The van der Waals surface area contributed by atoms with Gasteiger partial charge in [-0.25, -0.2) is 4.79 Å². The smallest absolute Gasteiger partial charge is 0.329 e. The summed E-state index contributed by atoms with van der Waals surface area (Å²) in [4.78, 5) is 23.0. The molecule has 0 aliphatic heterocycles. The Bertz CT molecular complexity index is 511. The Morgan fingerprint density at radius 3 is 2.61 bits per heavy atom. The molecule has 2 rings (SSSR count). The van der Waals surface area contributed by atoms with Crippen LogP contribution in [0, 0.1) is 0 Å². The van der Waals surface area contributed by atoms with Gasteiger partial charge in [0.25, 0.3) is 5.91 Å². The van der Waals surface area contributed by atoms with E-state index in [-0.39, 0.29) is 0 Å². The van der Waals surface area contributed by atoms with Gasteiger partial charge in [-0.1, -0.05) is 0 Å². The van der Waals surface area contributed by atoms with E-state index in [1.807, 2.05) is 0 Å². The number of aliphatic carboxylic acids is 1. The zero-order valence-corrected chi connectivity index (χ0v) is 11.3. The van der Waals surface area contributed by atoms with Gasteiger partial charge in [0.05, 0.1) is 12.7 Å². The molecule has 6 heteroatoms. The van der Waals surface area contributed by atoms with E-state index in [9.17, 15) is 9.59 Å². The van der Waals surface area contributed by atoms with Gasteiger partial charge < -0.3 is 15.2 Å². The van der Waals surface area contributed by atoms with Crippen molar-refractivity contribution >= 4 is 27.8 Å². The lowest BCUT2D eigenvalue weighted by Gasteiger charge is -2.13. The molecule has 1 aliphatic rings. The number of carboxylic acid groups (broad SMARTS) is 1. The first kappa shape index (κ1) is 12.9. The molecule has 1 saturated carbocycles. The number of amides is 1. The Hall–Kier alpha value is -1.56. The summed E-state index contributed by atoms with van der Waals surface area (Å²) in [7, 11) is 1.50. The zero-order valence-electron chi connectivity index (χ0n) is 9.70. The number of carboxylic acids is 1. The monoisotopic (exact) mass is 313 g/mol. The van der Waals surface area contributed by atoms with Gasteiger partial charge in [-0.05, 0) is 47.0 Å². The van der Waals surface area contributed by atoms with Crippen LogP contribution in [0.4, 0.5) is 0 Å². The molecule has 0 bridgehead atoms. The van der Waals surface area contributed by atoms with Crippen LogP contribution >= 0.6 is 15.9 Å². The fraction of sp³-hybridized carbons (Fsp3) is 0.333. The zero-order chi connectivity index (χ0) is 13.3. The van der Waals surface area contributed by atoms with Crippen LogP contribution in [0.25, 0.3) is 0 Å². The van der Waals surface area contributed by atoms with Gasteiger partial charge in [0.2, 0.25) is 0 Å². The van der Waals surface area contributed by atoms with Crippen LogP contribution in [0.15, 0.2) is 22.7 Å². The third-order valence-electron chi connectivity index (χ3n) is 2.93. The molecule has 0 spiro atoms. The van der Waals surface area contributed by atoms with Gasteiger partial charge in [0, 0.05) is 4.47 Å². The molecule has 1 aromatic rings. The molecule has 18 heavy (non-hydrogen) atoms. The van der Waals surface area contributed by atoms with Crippen LogP contribution < -0.4 is 10.1 Å². The predicted octanol–water partition coefficient (Wildman–Crippen LogP) is 1.80. The lowest BCUT2D eigenvalue weighted by Crippen LogP contribution is -2.43. The van der Waals surface area contributed by atoms with Crippen molar-refractivity contribution < 1.29 is 19.4 Å². The molecule has 0 radical (unpaired) electrons. The minimum absolute atomic E-state index is 0.363. The molecule has 0 saturated heterocycles. The predicted molar refractivity (Wildman–Crippen MR) is 67.8 cm³/mol. The second kappa shape index (κ2) is 4.61. The Balaban J connectivity index is 2.21. The molecule has 96 valence electrons. The maximum atomic E-state index is 12.0. The number of ether oxygens (including phenoxy) is 1. The van der Waals surface area contributed by atoms with Crippen molar-refractivity contribution in [2.45, 2.75) is 18.4 Å². The molecule has 2 N–H and O–H groups in total. The third-order valence-corrected chi connectivity index (χ3v) is 3.62. The van der Waals surface area contributed by atoms with Gasteiger partial charge in [0.15, 0.2) is 0 Å². The van der Waals surface area contributed by atoms with Crippen LogP contribution in [0.2, 0.25) is 0 Å². The first-order chi connectivity index (χ1) is 8.48. The van der Waals surface area contributed by atoms with Crippen molar-refractivity contribution in [3.05, 3.63) is 28.2 Å². The number of carbonyl (C=O) groups excluding carboxylic acids is 1. The van der Waals surface area contributed by atoms with Gasteiger partial charge in [-0.15, -0.1) is 0 Å². The van der Waals surface area contributed by atoms with E-state index < -0.39 is 17.4 Å². The molecule has 1 aliphatic carbocycles. The topological polar surface area (TPSA) is 75.6 Å². The summed E-state index contributed by atoms with van der Waals surface area (Å²) < 4.78 is 5.64. The lowest BCUT2D eigenvalue weighted by atomic mass is 10.1. The number of methoxy groups -OCH3 is 1. The van der Waals surface area contributed by atoms with Crippen molar-refractivity contribution in [2.75, 3.05) is 7.11 Å². The Kier molecular flexibility index (Phi) is 3.30. The maximum absolute atomic E-state index is 12.0. The van der Waals surface area contributed by atoms with E-state index in [4.69, 9.17) is 9.84 Å². The number of rotatable bonds is 4. The van der Waals surface area contributed by atoms with Crippen molar-refractivity contribution in [1.82, 2.24) is 5.32 Å². The van der Waals surface area contributed by atoms with Crippen molar-refractivity contribution in [1.29, 1.82) is 0 Å². The Morgan fingerprint density at radius 2 is 2.11 bits per heavy atom. The summed E-state index contributed by atoms with van der Waals surface area (Å²) in [5, 5.41) is 11.6. The number of hydrogen-bond acceptors (Lipinski definition) is 3. The second-order valence-electron chi connectivity index (χ2n) is 4.19. The van der Waals surface area contributed by atoms with E-state index in [2.05, 4.69) is 21.2 Å². The van der Waals surface area contributed by atoms with Crippen molar-refractivity contribution in [3.8, 4) is 5.75 Å². The van der Waals surface area contributed by atoms with Crippen LogP contribution in [0.1, 0.15) is 23.2 Å². The van der Waals surface area contributed by atoms with Crippen molar-refractivity contribution in [3.63, 3.8) is 0 Å². The SMILES string of the molecule is COc1ccc(Br)c(C(=O)NC2(C(=O)O)CC2)c1. The summed E-state index contributed by atoms with van der Waals surface area (Å²) in [6, 6.07) is 4.97. The number of benzene rings is 1. The molecule has 0 unspecified atom stereocenters. The number of carbonyl (C=O) groups is 2. The molecule has 0 heterocycles. The van der Waals surface area contributed by atoms with E-state index in [0.29, 0.717) is 28.6 Å². The average Bonchev–Trinajstić information content (AvgIpc) is 3.10. The van der Waals surface area contributed by atoms with Gasteiger partial charge >= 0.3 is 5.97 Å². The Labute approximate surface area is 112 Å². The van der Waals surface area contributed by atoms with E-state index in [1.165, 1.54) is 7.11 Å². The number of hydrogen-bond donors (Lipinski definition) is 2. The molecular formula is C12H12BrNO4. The minimum Gasteiger partial charge on any atom is -0.497 e. The summed E-state index contributed by atoms with van der Waals surface area (Å²) >= 11 is 3.26. The fourth-order valence-electron chi connectivity index (χ4n) is 1.61. The second-order valence-corrected chi connectivity index (χ2v) is 5.04. The highest BCUT2D eigenvalue weighted by atomic mass is 79.9. The fourth-order valence-corrected chi connectivity index (χ4v) is 2.03. The Morgan fingerprint density at radius 1 is 1.44 bits per heavy atom. The molecule has 1 aromatic carbocycles. The molecule has 0 atom stereocenters. The van der Waals surface area contributed by atoms with Gasteiger partial charge in [-0.2, -0.15) is 0 Å². The highest BCUT2D eigenvalue weighted by Crippen LogP contribution is 2.36. The quantitative estimate of drug-likeness (QED) is 0.889. The van der Waals surface area contributed by atoms with E-state index in [0.717, 1.165) is 0 Å². The largest absolute Gasteiger partial charge is 0.497 e. The molecular weight excluding hydrogens is 302 g/mol. The van der Waals surface area contributed by atoms with Crippen LogP contribution in [-0.4, -0.2) is 29.6 Å². The molecule has 1 amide bonds. The average molecular weight is 314 g/mol. The highest BCUT2D eigenvalue weighted by molar-refractivity contribution is 9.10. The van der Waals surface area contributed by atoms with Crippen molar-refractivity contribution in [2.24, 2.45) is 0 Å². The van der Waals surface area contributed by atoms with Gasteiger partial charge in [0.1, 0.15) is 11.3 Å². The number of halogens is 1. The molecule has 0 aromatic heterocycles. The lowest BCUT2D eigenvalue weighted by molar-refractivity contribution is -0.140. The molecule has 5 nitrogen and oxygen atoms in total. The van der Waals surface area contributed by atoms with E-state index in [1.54, 1.807) is 18.2 Å². The first-order valence-electron chi connectivity index (χ1n) is 5.38. The summed E-state index contributed by atoms with van der Waals surface area (Å²) in [5.74, 6) is -0.862. The summed E-state index contributed by atoms with van der Waals surface area (Å²) in [6.45, 7) is 0. The standard InChI is InChI=1S/C12H12BrNO4/c1-18-7-2-3-9(13)8(6-7)10(15)14-12(4-5-12)11(16)17/h2-3,6H,4-5H2,1H3,(H,14,15)(H,16,17). The van der Waals surface area contributed by atoms with E-state index >= 15 is 0 Å². The van der Waals surface area contributed by atoms with Crippen LogP contribution in [0.5, 0.6) is 5.75 Å². The third kappa shape index (κ3) is 2.33. The van der Waals surface area contributed by atoms with Gasteiger partial charge in [-0.3, -0.25) is 4.79 Å². The minimum atomic E-state index is -1.08. The summed E-state index contributed by atoms with van der Waals surface area (Å²) in [5.41, 5.74) is -0.721. The first-order valence-corrected chi connectivity index (χ1v) is 6.17. The normalized spacial score (nSPS) is 15.9. The van der Waals surface area contributed by atoms with Crippen LogP contribution in [-0.2, 0) is 4.79 Å².